The fraction of sp³-hybridized carbons (Fsp3) is 0.462. The first kappa shape index (κ1) is 27.8. The number of benzene rings is 1. The van der Waals surface area contributed by atoms with Gasteiger partial charge in [0, 0.05) is 25.7 Å². The highest BCUT2D eigenvalue weighted by Gasteiger charge is 2.28. The number of amides is 2. The minimum atomic E-state index is -0.329. The normalized spacial score (nSPS) is 13.9. The second-order valence-electron chi connectivity index (χ2n) is 8.70. The molecule has 3 heterocycles. The van der Waals surface area contributed by atoms with Gasteiger partial charge in [-0.3, -0.25) is 14.2 Å². The molecule has 0 bridgehead atoms. The van der Waals surface area contributed by atoms with E-state index in [-0.39, 0.29) is 29.4 Å². The summed E-state index contributed by atoms with van der Waals surface area (Å²) in [6, 6.07) is 7.39. The number of thioether (sulfide) groups is 1. The molecule has 1 aliphatic rings. The first-order chi connectivity index (χ1) is 18.4. The van der Waals surface area contributed by atoms with Gasteiger partial charge in [0.15, 0.2) is 16.7 Å². The zero-order chi connectivity index (χ0) is 27.1. The second kappa shape index (κ2) is 13.0. The molecule has 1 aliphatic heterocycles. The number of rotatable bonds is 10. The zero-order valence-electron chi connectivity index (χ0n) is 21.7. The lowest BCUT2D eigenvalue weighted by atomic mass is 10.1. The summed E-state index contributed by atoms with van der Waals surface area (Å²) in [4.78, 5) is 44.5. The first-order valence-electron chi connectivity index (χ1n) is 12.5. The number of likely N-dealkylation sites (tertiary alicyclic amines) is 1. The lowest BCUT2D eigenvalue weighted by Gasteiger charge is -2.32. The quantitative estimate of drug-likeness (QED) is 0.295. The maximum absolute atomic E-state index is 13.4. The van der Waals surface area contributed by atoms with E-state index in [1.165, 1.54) is 23.1 Å². The fourth-order valence-corrected chi connectivity index (χ4v) is 6.08. The molecule has 0 radical (unpaired) electrons. The lowest BCUT2D eigenvalue weighted by Crippen LogP contribution is -2.41. The Kier molecular flexibility index (Phi) is 9.51. The van der Waals surface area contributed by atoms with Crippen LogP contribution in [0.1, 0.15) is 31.4 Å². The zero-order valence-corrected chi connectivity index (χ0v) is 23.4. The number of hydrogen-bond donors (Lipinski definition) is 1. The van der Waals surface area contributed by atoms with Crippen LogP contribution in [0.15, 0.2) is 39.6 Å². The molecule has 1 N–H and O–H groups in total. The standard InChI is InChI=1S/C26H32N4O6S2/c1-4-36-26(33)29-12-8-18(9-13-29)30-24(32)23-19(10-14-37-23)28-25(30)38-16-22(31)27-11-7-17-5-6-20(34-2)21(15-17)35-3/h5-6,10,14-15,18H,4,7-9,11-13,16H2,1-3H3,(H,27,31). The van der Waals surface area contributed by atoms with Gasteiger partial charge in [0.1, 0.15) is 4.70 Å². The Morgan fingerprint density at radius 3 is 2.63 bits per heavy atom. The Morgan fingerprint density at radius 1 is 1.16 bits per heavy atom. The van der Waals surface area contributed by atoms with E-state index >= 15 is 0 Å². The highest BCUT2D eigenvalue weighted by molar-refractivity contribution is 7.99. The van der Waals surface area contributed by atoms with Crippen LogP contribution in [0.25, 0.3) is 10.2 Å². The summed E-state index contributed by atoms with van der Waals surface area (Å²) in [6.45, 7) is 3.57. The van der Waals surface area contributed by atoms with Crippen LogP contribution in [0, 0.1) is 0 Å². The van der Waals surface area contributed by atoms with Crippen molar-refractivity contribution in [2.24, 2.45) is 0 Å². The van der Waals surface area contributed by atoms with E-state index in [9.17, 15) is 14.4 Å². The van der Waals surface area contributed by atoms with Crippen LogP contribution in [0.5, 0.6) is 11.5 Å². The molecule has 1 fully saturated rings. The monoisotopic (exact) mass is 560 g/mol. The van der Waals surface area contributed by atoms with Crippen LogP contribution in [0.3, 0.4) is 0 Å². The van der Waals surface area contributed by atoms with Gasteiger partial charge >= 0.3 is 6.09 Å². The first-order valence-corrected chi connectivity index (χ1v) is 14.3. The predicted molar refractivity (Wildman–Crippen MR) is 148 cm³/mol. The third-order valence-corrected chi connectivity index (χ3v) is 8.20. The van der Waals surface area contributed by atoms with Crippen molar-refractivity contribution >= 4 is 45.3 Å². The molecule has 0 aliphatic carbocycles. The molecule has 4 rings (SSSR count). The molecule has 1 saturated heterocycles. The Bertz CT molecular complexity index is 1330. The maximum atomic E-state index is 13.4. The summed E-state index contributed by atoms with van der Waals surface area (Å²) < 4.78 is 18.0. The summed E-state index contributed by atoms with van der Waals surface area (Å²) in [5.74, 6) is 1.30. The summed E-state index contributed by atoms with van der Waals surface area (Å²) in [5.41, 5.74) is 1.55. The lowest BCUT2D eigenvalue weighted by molar-refractivity contribution is -0.118. The number of aromatic nitrogens is 2. The third-order valence-electron chi connectivity index (χ3n) is 6.35. The molecule has 12 heteroatoms. The van der Waals surface area contributed by atoms with Gasteiger partial charge in [0.2, 0.25) is 5.91 Å². The van der Waals surface area contributed by atoms with Crippen molar-refractivity contribution in [3.63, 3.8) is 0 Å². The van der Waals surface area contributed by atoms with Gasteiger partial charge in [-0.2, -0.15) is 0 Å². The number of thiophene rings is 1. The average Bonchev–Trinajstić information content (AvgIpc) is 3.41. The number of nitrogens with zero attached hydrogens (tertiary/aromatic N) is 3. The number of carbonyl (C=O) groups excluding carboxylic acids is 2. The number of carbonyl (C=O) groups is 2. The van der Waals surface area contributed by atoms with Crippen LogP contribution < -0.4 is 20.3 Å². The topological polar surface area (TPSA) is 112 Å². The number of ether oxygens (including phenoxy) is 3. The smallest absolute Gasteiger partial charge is 0.409 e. The minimum absolute atomic E-state index is 0.101. The van der Waals surface area contributed by atoms with E-state index in [1.54, 1.807) is 30.6 Å². The van der Waals surface area contributed by atoms with Crippen molar-refractivity contribution in [1.82, 2.24) is 19.8 Å². The van der Waals surface area contributed by atoms with Gasteiger partial charge < -0.3 is 24.4 Å². The van der Waals surface area contributed by atoms with Gasteiger partial charge in [0.25, 0.3) is 5.56 Å². The van der Waals surface area contributed by atoms with Crippen LogP contribution in [-0.2, 0) is 16.0 Å². The fourth-order valence-electron chi connectivity index (χ4n) is 4.41. The van der Waals surface area contributed by atoms with Crippen LogP contribution >= 0.6 is 23.1 Å². The highest BCUT2D eigenvalue weighted by Crippen LogP contribution is 2.29. The molecule has 1 aromatic carbocycles. The van der Waals surface area contributed by atoms with E-state index < -0.39 is 0 Å². The van der Waals surface area contributed by atoms with E-state index in [0.717, 1.165) is 5.56 Å². The summed E-state index contributed by atoms with van der Waals surface area (Å²) in [6.07, 6.45) is 1.54. The van der Waals surface area contributed by atoms with Gasteiger partial charge in [-0.25, -0.2) is 9.78 Å². The molecule has 204 valence electrons. The van der Waals surface area contributed by atoms with E-state index in [2.05, 4.69) is 5.32 Å². The van der Waals surface area contributed by atoms with Crippen LogP contribution in [0.2, 0.25) is 0 Å². The van der Waals surface area contributed by atoms with Crippen LogP contribution in [-0.4, -0.2) is 72.7 Å². The highest BCUT2D eigenvalue weighted by atomic mass is 32.2. The number of fused-ring (bicyclic) bond motifs is 1. The molecule has 2 aromatic heterocycles. The van der Waals surface area contributed by atoms with Crippen LogP contribution in [0.4, 0.5) is 4.79 Å². The number of methoxy groups -OCH3 is 2. The second-order valence-corrected chi connectivity index (χ2v) is 10.6. The SMILES string of the molecule is CCOC(=O)N1CCC(n2c(SCC(=O)NCCc3ccc(OC)c(OC)c3)nc3ccsc3c2=O)CC1. The number of nitrogens with one attached hydrogen (secondary N) is 1. The van der Waals surface area contributed by atoms with E-state index in [4.69, 9.17) is 19.2 Å². The predicted octanol–water partition coefficient (Wildman–Crippen LogP) is 3.72. The molecule has 2 amide bonds. The summed E-state index contributed by atoms with van der Waals surface area (Å²) in [7, 11) is 3.18. The molecule has 0 atom stereocenters. The molecule has 38 heavy (non-hydrogen) atoms. The third kappa shape index (κ3) is 6.41. The number of piperidine rings is 1. The Balaban J connectivity index is 1.39. The van der Waals surface area contributed by atoms with Crippen molar-refractivity contribution < 1.29 is 23.8 Å². The Morgan fingerprint density at radius 2 is 1.92 bits per heavy atom. The van der Waals surface area contributed by atoms with Gasteiger partial charge in [-0.15, -0.1) is 11.3 Å². The van der Waals surface area contributed by atoms with Crippen molar-refractivity contribution in [3.05, 3.63) is 45.6 Å². The Hall–Kier alpha value is -3.25. The van der Waals surface area contributed by atoms with Crippen molar-refractivity contribution in [1.29, 1.82) is 0 Å². The van der Waals surface area contributed by atoms with E-state index in [1.807, 2.05) is 29.6 Å². The minimum Gasteiger partial charge on any atom is -0.493 e. The van der Waals surface area contributed by atoms with E-state index in [0.29, 0.717) is 72.4 Å². The van der Waals surface area contributed by atoms with Crippen molar-refractivity contribution in [2.45, 2.75) is 37.4 Å². The van der Waals surface area contributed by atoms with Gasteiger partial charge in [0.05, 0.1) is 32.1 Å². The Labute approximate surface area is 229 Å². The summed E-state index contributed by atoms with van der Waals surface area (Å²) in [5, 5.41) is 5.31. The number of hydrogen-bond acceptors (Lipinski definition) is 9. The van der Waals surface area contributed by atoms with Gasteiger partial charge in [-0.1, -0.05) is 17.8 Å². The largest absolute Gasteiger partial charge is 0.493 e. The maximum Gasteiger partial charge on any atom is 0.409 e. The van der Waals surface area contributed by atoms with Crippen molar-refractivity contribution in [2.75, 3.05) is 46.2 Å². The molecular formula is C26H32N4O6S2. The van der Waals surface area contributed by atoms with Gasteiger partial charge in [-0.05, 0) is 55.3 Å². The molecule has 3 aromatic rings. The molecule has 0 saturated carbocycles. The average molecular weight is 561 g/mol. The summed E-state index contributed by atoms with van der Waals surface area (Å²) >= 11 is 2.62. The van der Waals surface area contributed by atoms with Crippen molar-refractivity contribution in [3.8, 4) is 11.5 Å². The molecule has 0 unspecified atom stereocenters. The molecular weight excluding hydrogens is 528 g/mol. The molecule has 0 spiro atoms. The molecule has 10 nitrogen and oxygen atoms in total.